The number of hydrogen-bond acceptors (Lipinski definition) is 3. The fraction of sp³-hybridized carbons (Fsp3) is 0.143. The SMILES string of the molecule is CSc1ccccc1Oc1c(F)cccc1CO. The lowest BCUT2D eigenvalue weighted by atomic mass is 10.2. The number of hydrogen-bond donors (Lipinski definition) is 1. The van der Waals surface area contributed by atoms with Gasteiger partial charge in [0, 0.05) is 10.5 Å². The summed E-state index contributed by atoms with van der Waals surface area (Å²) in [7, 11) is 0. The van der Waals surface area contributed by atoms with Crippen LogP contribution in [0.3, 0.4) is 0 Å². The number of ether oxygens (including phenoxy) is 1. The van der Waals surface area contributed by atoms with E-state index >= 15 is 0 Å². The highest BCUT2D eigenvalue weighted by Crippen LogP contribution is 2.34. The van der Waals surface area contributed by atoms with E-state index in [-0.39, 0.29) is 12.4 Å². The summed E-state index contributed by atoms with van der Waals surface area (Å²) in [4.78, 5) is 0.921. The Morgan fingerprint density at radius 1 is 1.17 bits per heavy atom. The molecule has 0 aliphatic carbocycles. The normalized spacial score (nSPS) is 10.4. The average Bonchev–Trinajstić information content (AvgIpc) is 2.41. The molecule has 0 aliphatic heterocycles. The molecule has 0 spiro atoms. The Balaban J connectivity index is 2.39. The molecule has 0 unspecified atom stereocenters. The zero-order chi connectivity index (χ0) is 13.0. The maximum atomic E-state index is 13.7. The van der Waals surface area contributed by atoms with Gasteiger partial charge in [0.2, 0.25) is 0 Å². The zero-order valence-corrected chi connectivity index (χ0v) is 10.7. The number of benzene rings is 2. The summed E-state index contributed by atoms with van der Waals surface area (Å²) >= 11 is 1.52. The number of thioether (sulfide) groups is 1. The second-order valence-electron chi connectivity index (χ2n) is 3.64. The van der Waals surface area contributed by atoms with E-state index in [1.807, 2.05) is 24.5 Å². The van der Waals surface area contributed by atoms with Gasteiger partial charge >= 0.3 is 0 Å². The Morgan fingerprint density at radius 2 is 1.94 bits per heavy atom. The van der Waals surface area contributed by atoms with Crippen LogP contribution in [0.25, 0.3) is 0 Å². The molecule has 0 heterocycles. The minimum atomic E-state index is -0.475. The lowest BCUT2D eigenvalue weighted by Gasteiger charge is -2.12. The Kier molecular flexibility index (Phi) is 4.23. The monoisotopic (exact) mass is 264 g/mol. The van der Waals surface area contributed by atoms with Gasteiger partial charge in [-0.15, -0.1) is 11.8 Å². The molecule has 18 heavy (non-hydrogen) atoms. The Bertz CT molecular complexity index is 543. The van der Waals surface area contributed by atoms with Crippen molar-refractivity contribution in [2.45, 2.75) is 11.5 Å². The van der Waals surface area contributed by atoms with Crippen molar-refractivity contribution in [3.05, 3.63) is 53.8 Å². The second kappa shape index (κ2) is 5.89. The van der Waals surface area contributed by atoms with Gasteiger partial charge in [0.25, 0.3) is 0 Å². The number of halogens is 1. The van der Waals surface area contributed by atoms with Crippen molar-refractivity contribution in [2.75, 3.05) is 6.26 Å². The van der Waals surface area contributed by atoms with Gasteiger partial charge in [0.15, 0.2) is 11.6 Å². The molecular formula is C14H13FO2S. The largest absolute Gasteiger partial charge is 0.453 e. The summed E-state index contributed by atoms with van der Waals surface area (Å²) in [6.07, 6.45) is 1.93. The van der Waals surface area contributed by atoms with Gasteiger partial charge in [-0.2, -0.15) is 0 Å². The molecule has 2 aromatic carbocycles. The predicted octanol–water partition coefficient (Wildman–Crippen LogP) is 3.83. The zero-order valence-electron chi connectivity index (χ0n) is 9.89. The van der Waals surface area contributed by atoms with E-state index in [4.69, 9.17) is 4.74 Å². The van der Waals surface area contributed by atoms with Crippen molar-refractivity contribution in [3.8, 4) is 11.5 Å². The first-order chi connectivity index (χ1) is 8.76. The molecule has 4 heteroatoms. The third-order valence-corrected chi connectivity index (χ3v) is 3.28. The number of para-hydroxylation sites is 2. The molecule has 0 aliphatic rings. The smallest absolute Gasteiger partial charge is 0.168 e. The summed E-state index contributed by atoms with van der Waals surface area (Å²) in [5.41, 5.74) is 0.436. The second-order valence-corrected chi connectivity index (χ2v) is 4.49. The first-order valence-electron chi connectivity index (χ1n) is 5.45. The van der Waals surface area contributed by atoms with Gasteiger partial charge in [-0.25, -0.2) is 4.39 Å². The third-order valence-electron chi connectivity index (χ3n) is 2.50. The van der Waals surface area contributed by atoms with Gasteiger partial charge in [-0.1, -0.05) is 24.3 Å². The van der Waals surface area contributed by atoms with Crippen LogP contribution in [0.2, 0.25) is 0 Å². The summed E-state index contributed by atoms with van der Waals surface area (Å²) in [5, 5.41) is 9.20. The van der Waals surface area contributed by atoms with E-state index < -0.39 is 5.82 Å². The quantitative estimate of drug-likeness (QED) is 0.851. The highest BCUT2D eigenvalue weighted by Gasteiger charge is 2.12. The fourth-order valence-electron chi connectivity index (χ4n) is 1.61. The van der Waals surface area contributed by atoms with Crippen molar-refractivity contribution in [1.82, 2.24) is 0 Å². The molecule has 0 bridgehead atoms. The molecule has 0 aromatic heterocycles. The molecule has 0 radical (unpaired) electrons. The molecule has 0 saturated heterocycles. The van der Waals surface area contributed by atoms with E-state index in [1.165, 1.54) is 17.8 Å². The molecule has 0 atom stereocenters. The average molecular weight is 264 g/mol. The van der Waals surface area contributed by atoms with E-state index in [0.717, 1.165) is 4.90 Å². The number of aliphatic hydroxyl groups is 1. The predicted molar refractivity (Wildman–Crippen MR) is 70.6 cm³/mol. The number of rotatable bonds is 4. The maximum absolute atomic E-state index is 13.7. The van der Waals surface area contributed by atoms with Crippen molar-refractivity contribution in [3.63, 3.8) is 0 Å². The van der Waals surface area contributed by atoms with Gasteiger partial charge in [0.1, 0.15) is 5.75 Å². The van der Waals surface area contributed by atoms with Crippen molar-refractivity contribution in [1.29, 1.82) is 0 Å². The van der Waals surface area contributed by atoms with Gasteiger partial charge in [-0.05, 0) is 24.5 Å². The maximum Gasteiger partial charge on any atom is 0.168 e. The molecule has 2 aromatic rings. The minimum Gasteiger partial charge on any atom is -0.453 e. The van der Waals surface area contributed by atoms with Crippen LogP contribution < -0.4 is 4.74 Å². The van der Waals surface area contributed by atoms with Crippen LogP contribution in [0, 0.1) is 5.82 Å². The lowest BCUT2D eigenvalue weighted by molar-refractivity contribution is 0.274. The number of aliphatic hydroxyl groups excluding tert-OH is 1. The minimum absolute atomic E-state index is 0.0847. The fourth-order valence-corrected chi connectivity index (χ4v) is 2.13. The molecule has 1 N–H and O–H groups in total. The summed E-state index contributed by atoms with van der Waals surface area (Å²) in [5.74, 6) is 0.198. The summed E-state index contributed by atoms with van der Waals surface area (Å²) in [6, 6.07) is 11.9. The van der Waals surface area contributed by atoms with Crippen LogP contribution in [0.15, 0.2) is 47.4 Å². The van der Waals surface area contributed by atoms with E-state index in [0.29, 0.717) is 11.3 Å². The van der Waals surface area contributed by atoms with Crippen LogP contribution in [0.1, 0.15) is 5.56 Å². The molecule has 2 nitrogen and oxygen atoms in total. The van der Waals surface area contributed by atoms with Crippen LogP contribution in [-0.2, 0) is 6.61 Å². The summed E-state index contributed by atoms with van der Waals surface area (Å²) < 4.78 is 19.3. The summed E-state index contributed by atoms with van der Waals surface area (Å²) in [6.45, 7) is -0.255. The Morgan fingerprint density at radius 3 is 2.67 bits per heavy atom. The molecule has 0 amide bonds. The molecule has 94 valence electrons. The third kappa shape index (κ3) is 2.66. The van der Waals surface area contributed by atoms with E-state index in [2.05, 4.69) is 0 Å². The van der Waals surface area contributed by atoms with E-state index in [1.54, 1.807) is 18.2 Å². The lowest BCUT2D eigenvalue weighted by Crippen LogP contribution is -1.95. The van der Waals surface area contributed by atoms with Gasteiger partial charge in [-0.3, -0.25) is 0 Å². The Hall–Kier alpha value is -1.52. The first-order valence-corrected chi connectivity index (χ1v) is 6.68. The molecular weight excluding hydrogens is 251 g/mol. The molecule has 2 rings (SSSR count). The van der Waals surface area contributed by atoms with Crippen molar-refractivity contribution in [2.24, 2.45) is 0 Å². The van der Waals surface area contributed by atoms with Crippen LogP contribution in [0.4, 0.5) is 4.39 Å². The standard InChI is InChI=1S/C14H13FO2S/c1-18-13-8-3-2-7-12(13)17-14-10(9-16)5-4-6-11(14)15/h2-8,16H,9H2,1H3. The van der Waals surface area contributed by atoms with Crippen LogP contribution in [-0.4, -0.2) is 11.4 Å². The highest BCUT2D eigenvalue weighted by molar-refractivity contribution is 7.98. The van der Waals surface area contributed by atoms with Crippen LogP contribution >= 0.6 is 11.8 Å². The van der Waals surface area contributed by atoms with Gasteiger partial charge in [0.05, 0.1) is 6.61 Å². The molecule has 0 saturated carbocycles. The van der Waals surface area contributed by atoms with Crippen molar-refractivity contribution >= 4 is 11.8 Å². The van der Waals surface area contributed by atoms with Crippen LogP contribution in [0.5, 0.6) is 11.5 Å². The van der Waals surface area contributed by atoms with Gasteiger partial charge < -0.3 is 9.84 Å². The van der Waals surface area contributed by atoms with E-state index in [9.17, 15) is 9.50 Å². The topological polar surface area (TPSA) is 29.5 Å². The highest BCUT2D eigenvalue weighted by atomic mass is 32.2. The molecule has 0 fully saturated rings. The van der Waals surface area contributed by atoms with Crippen molar-refractivity contribution < 1.29 is 14.2 Å². The first kappa shape index (κ1) is 12.9. The Labute approximate surface area is 109 Å².